The zero-order chi connectivity index (χ0) is 19.6. The smallest absolute Gasteiger partial charge is 0.234 e. The maximum Gasteiger partial charge on any atom is 0.234 e. The van der Waals surface area contributed by atoms with Crippen LogP contribution < -0.4 is 10.1 Å². The summed E-state index contributed by atoms with van der Waals surface area (Å²) in [6.45, 7) is 3.80. The van der Waals surface area contributed by atoms with Crippen LogP contribution in [0.2, 0.25) is 0 Å². The lowest BCUT2D eigenvalue weighted by atomic mass is 9.66. The van der Waals surface area contributed by atoms with Gasteiger partial charge < -0.3 is 24.6 Å². The van der Waals surface area contributed by atoms with Gasteiger partial charge in [-0.2, -0.15) is 0 Å². The van der Waals surface area contributed by atoms with Crippen molar-refractivity contribution in [2.45, 2.75) is 31.0 Å². The van der Waals surface area contributed by atoms with Gasteiger partial charge in [0, 0.05) is 56.2 Å². The van der Waals surface area contributed by atoms with Gasteiger partial charge in [-0.05, 0) is 12.5 Å². The van der Waals surface area contributed by atoms with Crippen LogP contribution in [0.4, 0.5) is 0 Å². The summed E-state index contributed by atoms with van der Waals surface area (Å²) < 4.78 is 16.7. The third-order valence-corrected chi connectivity index (χ3v) is 6.57. The highest BCUT2D eigenvalue weighted by Crippen LogP contribution is 2.44. The molecule has 0 bridgehead atoms. The number of piperidine rings is 1. The number of aliphatic hydroxyl groups is 1. The second-order valence-electron chi connectivity index (χ2n) is 8.07. The third kappa shape index (κ3) is 3.76. The van der Waals surface area contributed by atoms with E-state index in [2.05, 4.69) is 10.2 Å². The van der Waals surface area contributed by atoms with Crippen molar-refractivity contribution >= 4 is 5.91 Å². The number of hydrogen-bond acceptors (Lipinski definition) is 6. The molecule has 3 aliphatic heterocycles. The molecule has 1 aromatic rings. The minimum atomic E-state index is -0.742. The average Bonchev–Trinajstić information content (AvgIpc) is 2.73. The van der Waals surface area contributed by atoms with Crippen LogP contribution in [0.1, 0.15) is 18.4 Å². The third-order valence-electron chi connectivity index (χ3n) is 6.57. The van der Waals surface area contributed by atoms with Gasteiger partial charge in [0.25, 0.3) is 0 Å². The Kier molecular flexibility index (Phi) is 5.87. The number of fused-ring (bicyclic) bond motifs is 3. The van der Waals surface area contributed by atoms with Crippen LogP contribution in [0.3, 0.4) is 0 Å². The van der Waals surface area contributed by atoms with Crippen molar-refractivity contribution in [3.05, 3.63) is 29.8 Å². The molecule has 3 heterocycles. The molecule has 1 aromatic carbocycles. The highest BCUT2D eigenvalue weighted by atomic mass is 16.5. The predicted octanol–water partition coefficient (Wildman–Crippen LogP) is 0.800. The van der Waals surface area contributed by atoms with Crippen LogP contribution in [-0.2, 0) is 20.8 Å². The number of likely N-dealkylation sites (tertiary alicyclic amines) is 1. The number of benzene rings is 1. The van der Waals surface area contributed by atoms with E-state index in [0.29, 0.717) is 52.5 Å². The molecule has 28 heavy (non-hydrogen) atoms. The van der Waals surface area contributed by atoms with Crippen molar-refractivity contribution < 1.29 is 24.1 Å². The van der Waals surface area contributed by atoms with Crippen molar-refractivity contribution in [2.24, 2.45) is 11.8 Å². The Balaban J connectivity index is 1.41. The van der Waals surface area contributed by atoms with Gasteiger partial charge in [0.15, 0.2) is 0 Å². The molecule has 7 nitrogen and oxygen atoms in total. The maximum atomic E-state index is 12.7. The molecule has 0 spiro atoms. The zero-order valence-corrected chi connectivity index (χ0v) is 16.4. The van der Waals surface area contributed by atoms with Gasteiger partial charge in [0.2, 0.25) is 5.91 Å². The number of amides is 1. The molecule has 4 atom stereocenters. The first-order valence-corrected chi connectivity index (χ1v) is 10.1. The van der Waals surface area contributed by atoms with Gasteiger partial charge in [-0.15, -0.1) is 0 Å². The quantitative estimate of drug-likeness (QED) is 0.774. The van der Waals surface area contributed by atoms with E-state index in [1.807, 2.05) is 24.3 Å². The molecule has 0 unspecified atom stereocenters. The van der Waals surface area contributed by atoms with Gasteiger partial charge in [0.05, 0.1) is 32.5 Å². The normalized spacial score (nSPS) is 32.9. The molecule has 0 aliphatic carbocycles. The minimum absolute atomic E-state index is 0.0154. The lowest BCUT2D eigenvalue weighted by molar-refractivity contribution is -0.219. The summed E-state index contributed by atoms with van der Waals surface area (Å²) in [7, 11) is 1.63. The monoisotopic (exact) mass is 390 g/mol. The lowest BCUT2D eigenvalue weighted by Gasteiger charge is -2.57. The molecule has 154 valence electrons. The molecule has 0 radical (unpaired) electrons. The summed E-state index contributed by atoms with van der Waals surface area (Å²) in [5, 5.41) is 14.4. The Labute approximate surface area is 165 Å². The summed E-state index contributed by atoms with van der Waals surface area (Å²) >= 11 is 0. The van der Waals surface area contributed by atoms with E-state index in [1.54, 1.807) is 7.11 Å². The SMILES string of the molecule is COc1ccccc1CNC(=O)CN1C[C@@H]2COCC[C@]2(O)[C@H]2COCC[C@H]21. The molecule has 2 N–H and O–H groups in total. The number of ether oxygens (including phenoxy) is 3. The fraction of sp³-hybridized carbons (Fsp3) is 0.667. The van der Waals surface area contributed by atoms with Crippen molar-refractivity contribution in [3.63, 3.8) is 0 Å². The first-order valence-electron chi connectivity index (χ1n) is 10.1. The van der Waals surface area contributed by atoms with Gasteiger partial charge in [0.1, 0.15) is 5.75 Å². The molecular formula is C21H30N2O5. The fourth-order valence-corrected chi connectivity index (χ4v) is 5.03. The molecule has 0 saturated carbocycles. The molecule has 4 rings (SSSR count). The number of para-hydroxylation sites is 1. The number of carbonyl (C=O) groups is 1. The fourth-order valence-electron chi connectivity index (χ4n) is 5.03. The Morgan fingerprint density at radius 1 is 1.32 bits per heavy atom. The van der Waals surface area contributed by atoms with Crippen molar-refractivity contribution in [1.82, 2.24) is 10.2 Å². The van der Waals surface area contributed by atoms with Crippen LogP contribution in [0.25, 0.3) is 0 Å². The van der Waals surface area contributed by atoms with Crippen molar-refractivity contribution in [3.8, 4) is 5.75 Å². The molecular weight excluding hydrogens is 360 g/mol. The number of nitrogens with one attached hydrogen (secondary N) is 1. The van der Waals surface area contributed by atoms with Gasteiger partial charge >= 0.3 is 0 Å². The molecule has 3 fully saturated rings. The van der Waals surface area contributed by atoms with E-state index >= 15 is 0 Å². The van der Waals surface area contributed by atoms with E-state index in [1.165, 1.54) is 0 Å². The highest BCUT2D eigenvalue weighted by Gasteiger charge is 2.55. The number of nitrogens with zero attached hydrogens (tertiary/aromatic N) is 1. The van der Waals surface area contributed by atoms with E-state index in [9.17, 15) is 9.90 Å². The zero-order valence-electron chi connectivity index (χ0n) is 16.4. The molecule has 1 amide bonds. The number of rotatable bonds is 5. The van der Waals surface area contributed by atoms with E-state index in [0.717, 1.165) is 17.7 Å². The van der Waals surface area contributed by atoms with Crippen LogP contribution in [0.15, 0.2) is 24.3 Å². The topological polar surface area (TPSA) is 80.3 Å². The number of hydrogen-bond donors (Lipinski definition) is 2. The summed E-state index contributed by atoms with van der Waals surface area (Å²) in [6, 6.07) is 7.86. The molecule has 3 aliphatic rings. The standard InChI is InChI=1S/C21H30N2O5/c1-26-19-5-3-2-4-15(19)10-22-20(24)12-23-11-16-13-28-9-7-21(16,25)17-14-27-8-6-18(17)23/h2-5,16-18,25H,6-14H2,1H3,(H,22,24)/t16-,17+,18-,21-/m1/s1. The number of carbonyl (C=O) groups excluding carboxylic acids is 1. The predicted molar refractivity (Wildman–Crippen MR) is 103 cm³/mol. The first-order chi connectivity index (χ1) is 13.6. The lowest BCUT2D eigenvalue weighted by Crippen LogP contribution is -2.68. The Morgan fingerprint density at radius 3 is 3.00 bits per heavy atom. The van der Waals surface area contributed by atoms with Crippen LogP contribution >= 0.6 is 0 Å². The Morgan fingerprint density at radius 2 is 2.14 bits per heavy atom. The Bertz CT molecular complexity index is 699. The summed E-state index contributed by atoms with van der Waals surface area (Å²) in [6.07, 6.45) is 1.50. The van der Waals surface area contributed by atoms with Gasteiger partial charge in [-0.25, -0.2) is 0 Å². The first kappa shape index (κ1) is 19.6. The summed E-state index contributed by atoms with van der Waals surface area (Å²) in [4.78, 5) is 14.9. The summed E-state index contributed by atoms with van der Waals surface area (Å²) in [5.41, 5.74) is 0.212. The maximum absolute atomic E-state index is 12.7. The molecule has 7 heteroatoms. The van der Waals surface area contributed by atoms with Crippen molar-refractivity contribution in [2.75, 3.05) is 46.6 Å². The van der Waals surface area contributed by atoms with Crippen molar-refractivity contribution in [1.29, 1.82) is 0 Å². The highest BCUT2D eigenvalue weighted by molar-refractivity contribution is 5.78. The van der Waals surface area contributed by atoms with E-state index < -0.39 is 5.60 Å². The van der Waals surface area contributed by atoms with Crippen LogP contribution in [0.5, 0.6) is 5.75 Å². The Hall–Kier alpha value is -1.67. The minimum Gasteiger partial charge on any atom is -0.496 e. The average molecular weight is 390 g/mol. The molecule has 3 saturated heterocycles. The van der Waals surface area contributed by atoms with Crippen LogP contribution in [0, 0.1) is 11.8 Å². The van der Waals surface area contributed by atoms with Crippen LogP contribution in [-0.4, -0.2) is 74.2 Å². The second kappa shape index (κ2) is 8.37. The van der Waals surface area contributed by atoms with Gasteiger partial charge in [-0.1, -0.05) is 18.2 Å². The molecule has 0 aromatic heterocycles. The largest absolute Gasteiger partial charge is 0.496 e. The number of methoxy groups -OCH3 is 1. The van der Waals surface area contributed by atoms with E-state index in [-0.39, 0.29) is 23.8 Å². The summed E-state index contributed by atoms with van der Waals surface area (Å²) in [5.74, 6) is 0.810. The van der Waals surface area contributed by atoms with Gasteiger partial charge in [-0.3, -0.25) is 9.69 Å². The second-order valence-corrected chi connectivity index (χ2v) is 8.07. The van der Waals surface area contributed by atoms with E-state index in [4.69, 9.17) is 14.2 Å².